The van der Waals surface area contributed by atoms with Crippen molar-refractivity contribution < 1.29 is 18.7 Å². The van der Waals surface area contributed by atoms with Gasteiger partial charge < -0.3 is 9.52 Å². The standard InChI is InChI=1S/C20H17ClFN3O3S/c21-16-3-1-2-14(17(16)22)11-29-20-24-23-18(28-20)13-6-4-12(5-7-13)8-25-9-15(10-25)19(26)27/h1-7,15H,8-11H2,(H,26,27). The topological polar surface area (TPSA) is 79.5 Å². The second-order valence-electron chi connectivity index (χ2n) is 6.80. The molecule has 1 N–H and O–H groups in total. The largest absolute Gasteiger partial charge is 0.481 e. The summed E-state index contributed by atoms with van der Waals surface area (Å²) >= 11 is 7.04. The van der Waals surface area contributed by atoms with Crippen molar-refractivity contribution in [2.24, 2.45) is 5.92 Å². The molecule has 6 nitrogen and oxygen atoms in total. The Morgan fingerprint density at radius 2 is 2.00 bits per heavy atom. The average molecular weight is 434 g/mol. The minimum absolute atomic E-state index is 0.0890. The molecule has 4 rings (SSSR count). The quantitative estimate of drug-likeness (QED) is 0.555. The van der Waals surface area contributed by atoms with Gasteiger partial charge in [-0.1, -0.05) is 47.6 Å². The SMILES string of the molecule is O=C(O)C1CN(Cc2ccc(-c3nnc(SCc4cccc(Cl)c4F)o3)cc2)C1. The van der Waals surface area contributed by atoms with E-state index < -0.39 is 11.8 Å². The van der Waals surface area contributed by atoms with E-state index >= 15 is 0 Å². The molecule has 1 aromatic heterocycles. The molecule has 3 aromatic rings. The van der Waals surface area contributed by atoms with Crippen molar-refractivity contribution in [2.75, 3.05) is 13.1 Å². The summed E-state index contributed by atoms with van der Waals surface area (Å²) in [6.07, 6.45) is 0. The number of benzene rings is 2. The number of rotatable bonds is 7. The molecule has 0 bridgehead atoms. The summed E-state index contributed by atoms with van der Waals surface area (Å²) in [4.78, 5) is 13.0. The van der Waals surface area contributed by atoms with Crippen molar-refractivity contribution in [3.05, 3.63) is 64.4 Å². The highest BCUT2D eigenvalue weighted by molar-refractivity contribution is 7.98. The number of carboxylic acid groups (broad SMARTS) is 1. The summed E-state index contributed by atoms with van der Waals surface area (Å²) in [5, 5.41) is 17.4. The van der Waals surface area contributed by atoms with Gasteiger partial charge in [0.15, 0.2) is 0 Å². The summed E-state index contributed by atoms with van der Waals surface area (Å²) in [6.45, 7) is 1.86. The van der Waals surface area contributed by atoms with Crippen molar-refractivity contribution in [3.8, 4) is 11.5 Å². The number of thioether (sulfide) groups is 1. The second kappa shape index (κ2) is 8.52. The number of nitrogens with zero attached hydrogens (tertiary/aromatic N) is 3. The molecule has 0 atom stereocenters. The van der Waals surface area contributed by atoms with Gasteiger partial charge in [-0.05, 0) is 29.3 Å². The van der Waals surface area contributed by atoms with Crippen LogP contribution in [0.1, 0.15) is 11.1 Å². The van der Waals surface area contributed by atoms with Gasteiger partial charge in [0.25, 0.3) is 5.22 Å². The zero-order valence-corrected chi connectivity index (χ0v) is 16.8. The van der Waals surface area contributed by atoms with Gasteiger partial charge in [-0.2, -0.15) is 0 Å². The van der Waals surface area contributed by atoms with Crippen LogP contribution in [-0.2, 0) is 17.1 Å². The number of aromatic nitrogens is 2. The zero-order valence-electron chi connectivity index (χ0n) is 15.2. The molecule has 0 aliphatic carbocycles. The molecule has 2 aromatic carbocycles. The molecule has 0 unspecified atom stereocenters. The molecule has 150 valence electrons. The molecule has 0 radical (unpaired) electrons. The lowest BCUT2D eigenvalue weighted by Crippen LogP contribution is -2.49. The van der Waals surface area contributed by atoms with Gasteiger partial charge in [0.2, 0.25) is 5.89 Å². The maximum atomic E-state index is 13.9. The zero-order chi connectivity index (χ0) is 20.4. The van der Waals surface area contributed by atoms with Gasteiger partial charge in [0, 0.05) is 31.0 Å². The predicted molar refractivity (Wildman–Crippen MR) is 107 cm³/mol. The first-order chi connectivity index (χ1) is 14.0. The van der Waals surface area contributed by atoms with Crippen molar-refractivity contribution >= 4 is 29.3 Å². The fraction of sp³-hybridized carbons (Fsp3) is 0.250. The van der Waals surface area contributed by atoms with Crippen LogP contribution in [0.5, 0.6) is 0 Å². The molecule has 1 fully saturated rings. The van der Waals surface area contributed by atoms with Crippen LogP contribution in [0.4, 0.5) is 4.39 Å². The maximum Gasteiger partial charge on any atom is 0.309 e. The highest BCUT2D eigenvalue weighted by Gasteiger charge is 2.32. The van der Waals surface area contributed by atoms with E-state index in [-0.39, 0.29) is 10.9 Å². The number of aliphatic carboxylic acids is 1. The molecule has 1 aliphatic heterocycles. The monoisotopic (exact) mass is 433 g/mol. The van der Waals surface area contributed by atoms with E-state index in [4.69, 9.17) is 21.1 Å². The van der Waals surface area contributed by atoms with Crippen molar-refractivity contribution in [2.45, 2.75) is 17.5 Å². The fourth-order valence-electron chi connectivity index (χ4n) is 3.05. The van der Waals surface area contributed by atoms with Crippen LogP contribution in [0.25, 0.3) is 11.5 Å². The van der Waals surface area contributed by atoms with E-state index in [2.05, 4.69) is 15.1 Å². The van der Waals surface area contributed by atoms with Crippen LogP contribution < -0.4 is 0 Å². The van der Waals surface area contributed by atoms with E-state index in [1.807, 2.05) is 24.3 Å². The second-order valence-corrected chi connectivity index (χ2v) is 8.13. The summed E-state index contributed by atoms with van der Waals surface area (Å²) in [6, 6.07) is 12.6. The molecule has 0 amide bonds. The molecule has 1 saturated heterocycles. The normalized spacial score (nSPS) is 14.7. The van der Waals surface area contributed by atoms with E-state index in [1.54, 1.807) is 12.1 Å². The van der Waals surface area contributed by atoms with Gasteiger partial charge in [-0.3, -0.25) is 9.69 Å². The van der Waals surface area contributed by atoms with Gasteiger partial charge >= 0.3 is 5.97 Å². The number of carboxylic acids is 1. The van der Waals surface area contributed by atoms with Crippen LogP contribution in [0.3, 0.4) is 0 Å². The molecule has 0 spiro atoms. The van der Waals surface area contributed by atoms with E-state index in [0.29, 0.717) is 42.1 Å². The van der Waals surface area contributed by atoms with Crippen molar-refractivity contribution in [1.29, 1.82) is 0 Å². The molecule has 1 aliphatic rings. The smallest absolute Gasteiger partial charge is 0.309 e. The lowest BCUT2D eigenvalue weighted by Gasteiger charge is -2.36. The fourth-order valence-corrected chi connectivity index (χ4v) is 3.98. The Balaban J connectivity index is 1.34. The highest BCUT2D eigenvalue weighted by Crippen LogP contribution is 2.28. The van der Waals surface area contributed by atoms with Crippen molar-refractivity contribution in [1.82, 2.24) is 15.1 Å². The van der Waals surface area contributed by atoms with Crippen molar-refractivity contribution in [3.63, 3.8) is 0 Å². The molecule has 0 saturated carbocycles. The lowest BCUT2D eigenvalue weighted by atomic mass is 9.99. The highest BCUT2D eigenvalue weighted by atomic mass is 35.5. The van der Waals surface area contributed by atoms with Gasteiger partial charge in [0.05, 0.1) is 10.9 Å². The third-order valence-corrected chi connectivity index (χ3v) is 5.86. The number of halogens is 2. The van der Waals surface area contributed by atoms with Crippen LogP contribution in [0.2, 0.25) is 5.02 Å². The van der Waals surface area contributed by atoms with E-state index in [9.17, 15) is 9.18 Å². The third-order valence-electron chi connectivity index (χ3n) is 4.70. The average Bonchev–Trinajstić information content (AvgIpc) is 3.15. The third kappa shape index (κ3) is 4.60. The Morgan fingerprint density at radius 1 is 1.24 bits per heavy atom. The first kappa shape index (κ1) is 19.9. The molecular formula is C20H17ClFN3O3S. The lowest BCUT2D eigenvalue weighted by molar-refractivity contribution is -0.147. The van der Waals surface area contributed by atoms with Gasteiger partial charge in [-0.15, -0.1) is 10.2 Å². The summed E-state index contributed by atoms with van der Waals surface area (Å²) in [5.74, 6) is -0.710. The summed E-state index contributed by atoms with van der Waals surface area (Å²) in [5.41, 5.74) is 2.35. The molecule has 9 heteroatoms. The van der Waals surface area contributed by atoms with Crippen LogP contribution in [0.15, 0.2) is 52.1 Å². The number of hydrogen-bond acceptors (Lipinski definition) is 6. The minimum atomic E-state index is -0.736. The Labute approximate surface area is 175 Å². The van der Waals surface area contributed by atoms with Gasteiger partial charge in [0.1, 0.15) is 5.82 Å². The molecular weight excluding hydrogens is 417 g/mol. The van der Waals surface area contributed by atoms with Gasteiger partial charge in [-0.25, -0.2) is 4.39 Å². The Hall–Kier alpha value is -2.42. The van der Waals surface area contributed by atoms with Crippen LogP contribution in [0, 0.1) is 11.7 Å². The predicted octanol–water partition coefficient (Wildman–Crippen LogP) is 4.34. The summed E-state index contributed by atoms with van der Waals surface area (Å²) in [7, 11) is 0. The minimum Gasteiger partial charge on any atom is -0.481 e. The molecule has 2 heterocycles. The first-order valence-corrected chi connectivity index (χ1v) is 10.3. The Morgan fingerprint density at radius 3 is 2.72 bits per heavy atom. The first-order valence-electron chi connectivity index (χ1n) is 8.93. The van der Waals surface area contributed by atoms with Crippen LogP contribution in [-0.4, -0.2) is 39.3 Å². The number of carbonyl (C=O) groups is 1. The number of hydrogen-bond donors (Lipinski definition) is 1. The van der Waals surface area contributed by atoms with Crippen LogP contribution >= 0.6 is 23.4 Å². The maximum absolute atomic E-state index is 13.9. The molecule has 29 heavy (non-hydrogen) atoms. The summed E-state index contributed by atoms with van der Waals surface area (Å²) < 4.78 is 19.6. The van der Waals surface area contributed by atoms with E-state index in [1.165, 1.54) is 17.8 Å². The Kier molecular flexibility index (Phi) is 5.84. The number of likely N-dealkylation sites (tertiary alicyclic amines) is 1. The Bertz CT molecular complexity index is 1020. The van der Waals surface area contributed by atoms with E-state index in [0.717, 1.165) is 11.1 Å².